The molecule has 0 aliphatic heterocycles. The van der Waals surface area contributed by atoms with Gasteiger partial charge in [0.25, 0.3) is 5.91 Å². The van der Waals surface area contributed by atoms with Gasteiger partial charge in [-0.3, -0.25) is 4.79 Å². The van der Waals surface area contributed by atoms with Crippen molar-refractivity contribution in [2.24, 2.45) is 0 Å². The molecule has 0 saturated heterocycles. The SMILES string of the molecule is CCOC(=O)/C=C/C(=O)OCC(=O)N(C)Cc1ccc(-c2ccc(Cl)cc2)o1. The van der Waals surface area contributed by atoms with Gasteiger partial charge in [0.1, 0.15) is 11.5 Å². The zero-order valence-electron chi connectivity index (χ0n) is 15.5. The first-order valence-corrected chi connectivity index (χ1v) is 8.87. The maximum Gasteiger partial charge on any atom is 0.331 e. The Labute approximate surface area is 167 Å². The highest BCUT2D eigenvalue weighted by molar-refractivity contribution is 6.30. The molecule has 0 saturated carbocycles. The van der Waals surface area contributed by atoms with Crippen molar-refractivity contribution in [3.63, 3.8) is 0 Å². The third-order valence-corrected chi connectivity index (χ3v) is 3.84. The highest BCUT2D eigenvalue weighted by atomic mass is 35.5. The predicted molar refractivity (Wildman–Crippen MR) is 102 cm³/mol. The molecule has 7 nitrogen and oxygen atoms in total. The second-order valence-electron chi connectivity index (χ2n) is 5.72. The first-order chi connectivity index (χ1) is 13.4. The molecule has 0 bridgehead atoms. The molecular formula is C20H20ClNO6. The highest BCUT2D eigenvalue weighted by Gasteiger charge is 2.14. The summed E-state index contributed by atoms with van der Waals surface area (Å²) in [5.74, 6) is -0.644. The Kier molecular flexibility index (Phi) is 7.83. The molecule has 28 heavy (non-hydrogen) atoms. The van der Waals surface area contributed by atoms with Crippen molar-refractivity contribution in [2.75, 3.05) is 20.3 Å². The third-order valence-electron chi connectivity index (χ3n) is 3.59. The summed E-state index contributed by atoms with van der Waals surface area (Å²) in [5, 5.41) is 0.632. The van der Waals surface area contributed by atoms with Crippen molar-refractivity contribution in [1.82, 2.24) is 4.90 Å². The van der Waals surface area contributed by atoms with Gasteiger partial charge in [-0.15, -0.1) is 0 Å². The van der Waals surface area contributed by atoms with Crippen LogP contribution in [0.1, 0.15) is 12.7 Å². The summed E-state index contributed by atoms with van der Waals surface area (Å²) < 4.78 is 15.2. The quantitative estimate of drug-likeness (QED) is 0.495. The molecule has 0 spiro atoms. The molecule has 0 aliphatic rings. The summed E-state index contributed by atoms with van der Waals surface area (Å²) in [4.78, 5) is 36.1. The minimum Gasteiger partial charge on any atom is -0.463 e. The minimum atomic E-state index is -0.808. The average molecular weight is 406 g/mol. The van der Waals surface area contributed by atoms with E-state index < -0.39 is 24.5 Å². The molecule has 0 fully saturated rings. The number of ether oxygens (including phenoxy) is 2. The van der Waals surface area contributed by atoms with Gasteiger partial charge in [0, 0.05) is 29.8 Å². The van der Waals surface area contributed by atoms with Crippen LogP contribution in [0.3, 0.4) is 0 Å². The number of likely N-dealkylation sites (N-methyl/N-ethyl adjacent to an activating group) is 1. The Hall–Kier alpha value is -3.06. The van der Waals surface area contributed by atoms with Crippen LogP contribution in [-0.2, 0) is 30.4 Å². The number of nitrogens with zero attached hydrogens (tertiary/aromatic N) is 1. The van der Waals surface area contributed by atoms with Crippen molar-refractivity contribution in [2.45, 2.75) is 13.5 Å². The van der Waals surface area contributed by atoms with Crippen LogP contribution in [-0.4, -0.2) is 43.0 Å². The van der Waals surface area contributed by atoms with Crippen LogP contribution in [0.4, 0.5) is 0 Å². The number of carbonyl (C=O) groups excluding carboxylic acids is 3. The maximum atomic E-state index is 12.1. The smallest absolute Gasteiger partial charge is 0.331 e. The number of esters is 2. The third kappa shape index (κ3) is 6.59. The van der Waals surface area contributed by atoms with E-state index in [9.17, 15) is 14.4 Å². The summed E-state index contributed by atoms with van der Waals surface area (Å²) >= 11 is 5.87. The van der Waals surface area contributed by atoms with Gasteiger partial charge in [0.2, 0.25) is 0 Å². The van der Waals surface area contributed by atoms with Crippen LogP contribution in [0.5, 0.6) is 0 Å². The molecule has 0 N–H and O–H groups in total. The Morgan fingerprint density at radius 2 is 1.68 bits per heavy atom. The van der Waals surface area contributed by atoms with E-state index in [2.05, 4.69) is 4.74 Å². The molecule has 2 aromatic rings. The Morgan fingerprint density at radius 3 is 2.32 bits per heavy atom. The lowest BCUT2D eigenvalue weighted by Gasteiger charge is -2.15. The van der Waals surface area contributed by atoms with E-state index in [-0.39, 0.29) is 13.2 Å². The van der Waals surface area contributed by atoms with Crippen molar-refractivity contribution >= 4 is 29.4 Å². The predicted octanol–water partition coefficient (Wildman–Crippen LogP) is 3.22. The summed E-state index contributed by atoms with van der Waals surface area (Å²) in [6, 6.07) is 10.8. The second kappa shape index (κ2) is 10.3. The minimum absolute atomic E-state index is 0.202. The van der Waals surface area contributed by atoms with Gasteiger partial charge >= 0.3 is 11.9 Å². The molecule has 1 heterocycles. The lowest BCUT2D eigenvalue weighted by molar-refractivity contribution is -0.148. The molecule has 8 heteroatoms. The number of rotatable bonds is 8. The molecule has 1 aromatic heterocycles. The lowest BCUT2D eigenvalue weighted by Crippen LogP contribution is -2.30. The fourth-order valence-electron chi connectivity index (χ4n) is 2.17. The second-order valence-corrected chi connectivity index (χ2v) is 6.15. The Balaban J connectivity index is 1.83. The largest absolute Gasteiger partial charge is 0.463 e. The van der Waals surface area contributed by atoms with Gasteiger partial charge in [0.15, 0.2) is 6.61 Å². The number of carbonyl (C=O) groups is 3. The Morgan fingerprint density at radius 1 is 1.04 bits per heavy atom. The molecule has 2 rings (SSSR count). The highest BCUT2D eigenvalue weighted by Crippen LogP contribution is 2.24. The zero-order valence-corrected chi connectivity index (χ0v) is 16.3. The fraction of sp³-hybridized carbons (Fsp3) is 0.250. The molecule has 1 amide bonds. The van der Waals surface area contributed by atoms with Crippen LogP contribution in [0.2, 0.25) is 5.02 Å². The van der Waals surface area contributed by atoms with Gasteiger partial charge in [-0.25, -0.2) is 9.59 Å². The van der Waals surface area contributed by atoms with Crippen LogP contribution in [0.25, 0.3) is 11.3 Å². The van der Waals surface area contributed by atoms with Crippen molar-refractivity contribution < 1.29 is 28.3 Å². The van der Waals surface area contributed by atoms with Crippen molar-refractivity contribution in [1.29, 1.82) is 0 Å². The number of benzene rings is 1. The van der Waals surface area contributed by atoms with Crippen molar-refractivity contribution in [3.8, 4) is 11.3 Å². The molecule has 0 unspecified atom stereocenters. The molecule has 0 aliphatic carbocycles. The van der Waals surface area contributed by atoms with Gasteiger partial charge in [-0.2, -0.15) is 0 Å². The van der Waals surface area contributed by atoms with Crippen molar-refractivity contribution in [3.05, 3.63) is 59.3 Å². The van der Waals surface area contributed by atoms with Gasteiger partial charge in [0.05, 0.1) is 13.2 Å². The monoisotopic (exact) mass is 405 g/mol. The van der Waals surface area contributed by atoms with E-state index in [1.165, 1.54) is 4.90 Å². The molecule has 148 valence electrons. The first-order valence-electron chi connectivity index (χ1n) is 8.49. The molecule has 0 atom stereocenters. The number of hydrogen-bond donors (Lipinski definition) is 0. The van der Waals surface area contributed by atoms with E-state index in [1.807, 2.05) is 12.1 Å². The summed E-state index contributed by atoms with van der Waals surface area (Å²) in [6.45, 7) is 1.61. The van der Waals surface area contributed by atoms with E-state index in [0.717, 1.165) is 17.7 Å². The van der Waals surface area contributed by atoms with E-state index in [0.29, 0.717) is 16.5 Å². The topological polar surface area (TPSA) is 86.1 Å². The maximum absolute atomic E-state index is 12.1. The van der Waals surface area contributed by atoms with Gasteiger partial charge in [-0.05, 0) is 43.3 Å². The average Bonchev–Trinajstić information content (AvgIpc) is 3.13. The fourth-order valence-corrected chi connectivity index (χ4v) is 2.30. The van der Waals surface area contributed by atoms with Crippen LogP contribution < -0.4 is 0 Å². The number of hydrogen-bond acceptors (Lipinski definition) is 6. The first kappa shape index (κ1) is 21.2. The number of amides is 1. The standard InChI is InChI=1S/C20H20ClNO6/c1-3-26-19(24)10-11-20(25)27-13-18(23)22(2)12-16-8-9-17(28-16)14-4-6-15(21)7-5-14/h4-11H,3,12-13H2,1-2H3/b11-10+. The lowest BCUT2D eigenvalue weighted by atomic mass is 10.2. The van der Waals surface area contributed by atoms with E-state index >= 15 is 0 Å². The summed E-state index contributed by atoms with van der Waals surface area (Å²) in [7, 11) is 1.56. The Bertz CT molecular complexity index is 856. The molecule has 0 radical (unpaired) electrons. The van der Waals surface area contributed by atoms with Crippen LogP contribution >= 0.6 is 11.6 Å². The van der Waals surface area contributed by atoms with Crippen LogP contribution in [0, 0.1) is 0 Å². The van der Waals surface area contributed by atoms with Gasteiger partial charge < -0.3 is 18.8 Å². The normalized spacial score (nSPS) is 10.7. The van der Waals surface area contributed by atoms with Gasteiger partial charge in [-0.1, -0.05) is 11.6 Å². The number of furan rings is 1. The zero-order chi connectivity index (χ0) is 20.5. The molecular weight excluding hydrogens is 386 g/mol. The summed E-state index contributed by atoms with van der Waals surface area (Å²) in [5.41, 5.74) is 0.868. The van der Waals surface area contributed by atoms with Crippen LogP contribution in [0.15, 0.2) is 53.0 Å². The molecule has 1 aromatic carbocycles. The van der Waals surface area contributed by atoms with E-state index in [4.69, 9.17) is 20.8 Å². The number of halogens is 1. The summed E-state index contributed by atoms with van der Waals surface area (Å²) in [6.07, 6.45) is 1.86. The van der Waals surface area contributed by atoms with E-state index in [1.54, 1.807) is 38.2 Å².